The molecule has 1 atom stereocenters. The minimum atomic E-state index is -0.702. The second kappa shape index (κ2) is 3.87. The van der Waals surface area contributed by atoms with Crippen LogP contribution in [0.3, 0.4) is 0 Å². The molecule has 0 radical (unpaired) electrons. The molecule has 4 heteroatoms. The van der Waals surface area contributed by atoms with E-state index in [4.69, 9.17) is 9.84 Å². The normalized spacial score (nSPS) is 30.7. The van der Waals surface area contributed by atoms with Crippen LogP contribution in [0, 0.1) is 5.41 Å². The van der Waals surface area contributed by atoms with Crippen molar-refractivity contribution in [2.45, 2.75) is 31.7 Å². The lowest BCUT2D eigenvalue weighted by Gasteiger charge is -2.32. The first-order valence-corrected chi connectivity index (χ1v) is 5.23. The van der Waals surface area contributed by atoms with Crippen LogP contribution in [0.5, 0.6) is 0 Å². The molecule has 2 N–H and O–H groups in total. The molecule has 1 unspecified atom stereocenters. The second-order valence-corrected chi connectivity index (χ2v) is 4.49. The van der Waals surface area contributed by atoms with Gasteiger partial charge in [-0.15, -0.1) is 0 Å². The second-order valence-electron chi connectivity index (χ2n) is 4.49. The molecule has 4 nitrogen and oxygen atoms in total. The minimum absolute atomic E-state index is 0.172. The molecule has 0 aromatic heterocycles. The molecular formula is C10H17NO3. The topological polar surface area (TPSA) is 58.6 Å². The van der Waals surface area contributed by atoms with Crippen LogP contribution < -0.4 is 5.32 Å². The van der Waals surface area contributed by atoms with Gasteiger partial charge < -0.3 is 15.2 Å². The van der Waals surface area contributed by atoms with E-state index in [1.165, 1.54) is 0 Å². The number of ether oxygens (including phenoxy) is 1. The highest BCUT2D eigenvalue weighted by Gasteiger charge is 2.40. The maximum absolute atomic E-state index is 10.6. The molecule has 2 aliphatic rings. The van der Waals surface area contributed by atoms with Crippen molar-refractivity contribution >= 4 is 5.97 Å². The molecule has 2 rings (SSSR count). The maximum Gasteiger partial charge on any atom is 0.304 e. The summed E-state index contributed by atoms with van der Waals surface area (Å²) >= 11 is 0. The van der Waals surface area contributed by atoms with E-state index in [-0.39, 0.29) is 12.5 Å². The zero-order valence-corrected chi connectivity index (χ0v) is 8.29. The van der Waals surface area contributed by atoms with E-state index >= 15 is 0 Å². The number of carboxylic acid groups (broad SMARTS) is 1. The maximum atomic E-state index is 10.6. The fraction of sp³-hybridized carbons (Fsp3) is 0.900. The van der Waals surface area contributed by atoms with Crippen molar-refractivity contribution in [3.8, 4) is 0 Å². The van der Waals surface area contributed by atoms with Crippen LogP contribution in [-0.2, 0) is 9.53 Å². The van der Waals surface area contributed by atoms with Gasteiger partial charge in [0, 0.05) is 25.8 Å². The molecule has 0 saturated carbocycles. The number of carbonyl (C=O) groups is 1. The van der Waals surface area contributed by atoms with E-state index in [1.54, 1.807) is 0 Å². The molecule has 2 saturated heterocycles. The Morgan fingerprint density at radius 1 is 1.50 bits per heavy atom. The predicted octanol–water partition coefficient (Wildman–Crippen LogP) is 0.620. The molecule has 1 spiro atoms. The SMILES string of the molecule is O=C(O)CC1CC2(CCOCC2)CN1. The quantitative estimate of drug-likeness (QED) is 0.684. The van der Waals surface area contributed by atoms with Crippen molar-refractivity contribution in [1.82, 2.24) is 5.32 Å². The van der Waals surface area contributed by atoms with Gasteiger partial charge in [0.15, 0.2) is 0 Å². The van der Waals surface area contributed by atoms with Crippen molar-refractivity contribution in [2.24, 2.45) is 5.41 Å². The third-order valence-electron chi connectivity index (χ3n) is 3.42. The van der Waals surface area contributed by atoms with Gasteiger partial charge in [-0.3, -0.25) is 4.79 Å². The van der Waals surface area contributed by atoms with Crippen molar-refractivity contribution in [3.63, 3.8) is 0 Å². The van der Waals surface area contributed by atoms with Crippen LogP contribution in [0.25, 0.3) is 0 Å². The zero-order valence-electron chi connectivity index (χ0n) is 8.29. The van der Waals surface area contributed by atoms with Gasteiger partial charge in [0.25, 0.3) is 0 Å². The highest BCUT2D eigenvalue weighted by atomic mass is 16.5. The molecule has 14 heavy (non-hydrogen) atoms. The van der Waals surface area contributed by atoms with E-state index in [9.17, 15) is 4.79 Å². The Morgan fingerprint density at radius 2 is 2.21 bits per heavy atom. The number of nitrogens with one attached hydrogen (secondary N) is 1. The fourth-order valence-electron chi connectivity index (χ4n) is 2.57. The number of rotatable bonds is 2. The van der Waals surface area contributed by atoms with E-state index < -0.39 is 5.97 Å². The molecule has 2 heterocycles. The number of carboxylic acids is 1. The highest BCUT2D eigenvalue weighted by molar-refractivity contribution is 5.67. The van der Waals surface area contributed by atoms with Crippen molar-refractivity contribution in [1.29, 1.82) is 0 Å². The molecule has 2 fully saturated rings. The van der Waals surface area contributed by atoms with E-state index in [0.29, 0.717) is 5.41 Å². The van der Waals surface area contributed by atoms with Gasteiger partial charge in [-0.1, -0.05) is 0 Å². The van der Waals surface area contributed by atoms with Crippen molar-refractivity contribution in [2.75, 3.05) is 19.8 Å². The summed E-state index contributed by atoms with van der Waals surface area (Å²) in [5.74, 6) is -0.702. The first-order valence-electron chi connectivity index (χ1n) is 5.23. The Hall–Kier alpha value is -0.610. The lowest BCUT2D eigenvalue weighted by molar-refractivity contribution is -0.137. The lowest BCUT2D eigenvalue weighted by atomic mass is 9.78. The van der Waals surface area contributed by atoms with Crippen LogP contribution in [0.15, 0.2) is 0 Å². The summed E-state index contributed by atoms with van der Waals surface area (Å²) in [6.45, 7) is 2.64. The Labute approximate surface area is 83.6 Å². The van der Waals surface area contributed by atoms with Crippen LogP contribution in [0.4, 0.5) is 0 Å². The van der Waals surface area contributed by atoms with Gasteiger partial charge >= 0.3 is 5.97 Å². The molecule has 80 valence electrons. The van der Waals surface area contributed by atoms with Crippen LogP contribution in [0.2, 0.25) is 0 Å². The van der Waals surface area contributed by atoms with Gasteiger partial charge in [0.05, 0.1) is 6.42 Å². The standard InChI is InChI=1S/C10H17NO3/c12-9(13)5-8-6-10(7-11-8)1-3-14-4-2-10/h8,11H,1-7H2,(H,12,13). The molecule has 0 aliphatic carbocycles. The Balaban J connectivity index is 1.89. The van der Waals surface area contributed by atoms with Crippen molar-refractivity contribution in [3.05, 3.63) is 0 Å². The number of hydrogen-bond donors (Lipinski definition) is 2. The monoisotopic (exact) mass is 199 g/mol. The number of aliphatic carboxylic acids is 1. The average molecular weight is 199 g/mol. The summed E-state index contributed by atoms with van der Waals surface area (Å²) in [6.07, 6.45) is 3.41. The van der Waals surface area contributed by atoms with Crippen LogP contribution in [0.1, 0.15) is 25.7 Å². The molecule has 0 aromatic rings. The summed E-state index contributed by atoms with van der Waals surface area (Å²) in [6, 6.07) is 0.172. The fourth-order valence-corrected chi connectivity index (χ4v) is 2.57. The summed E-state index contributed by atoms with van der Waals surface area (Å²) in [7, 11) is 0. The Kier molecular flexibility index (Phi) is 2.74. The van der Waals surface area contributed by atoms with Crippen LogP contribution in [-0.4, -0.2) is 36.9 Å². The van der Waals surface area contributed by atoms with Gasteiger partial charge in [0.1, 0.15) is 0 Å². The summed E-state index contributed by atoms with van der Waals surface area (Å²) < 4.78 is 5.33. The first kappa shape index (κ1) is 9.93. The van der Waals surface area contributed by atoms with Gasteiger partial charge in [-0.2, -0.15) is 0 Å². The van der Waals surface area contributed by atoms with Crippen molar-refractivity contribution < 1.29 is 14.6 Å². The smallest absolute Gasteiger partial charge is 0.304 e. The first-order chi connectivity index (χ1) is 6.70. The summed E-state index contributed by atoms with van der Waals surface area (Å²) in [5.41, 5.74) is 0.332. The molecular weight excluding hydrogens is 182 g/mol. The Morgan fingerprint density at radius 3 is 2.86 bits per heavy atom. The summed E-state index contributed by atoms with van der Waals surface area (Å²) in [5, 5.41) is 12.0. The third-order valence-corrected chi connectivity index (χ3v) is 3.42. The average Bonchev–Trinajstić information content (AvgIpc) is 2.49. The molecule has 0 amide bonds. The Bertz CT molecular complexity index is 223. The van der Waals surface area contributed by atoms with Gasteiger partial charge in [-0.25, -0.2) is 0 Å². The summed E-state index contributed by atoms with van der Waals surface area (Å²) in [4.78, 5) is 10.6. The highest BCUT2D eigenvalue weighted by Crippen LogP contribution is 2.39. The largest absolute Gasteiger partial charge is 0.481 e. The molecule has 2 aliphatic heterocycles. The molecule has 0 bridgehead atoms. The van der Waals surface area contributed by atoms with E-state index in [2.05, 4.69) is 5.32 Å². The van der Waals surface area contributed by atoms with Crippen LogP contribution >= 0.6 is 0 Å². The zero-order chi connectivity index (χ0) is 10.0. The van der Waals surface area contributed by atoms with E-state index in [1.807, 2.05) is 0 Å². The van der Waals surface area contributed by atoms with Gasteiger partial charge in [-0.05, 0) is 24.7 Å². The molecule has 0 aromatic carbocycles. The van der Waals surface area contributed by atoms with E-state index in [0.717, 1.165) is 39.0 Å². The lowest BCUT2D eigenvalue weighted by Crippen LogP contribution is -2.31. The predicted molar refractivity (Wildman–Crippen MR) is 51.1 cm³/mol. The van der Waals surface area contributed by atoms with Gasteiger partial charge in [0.2, 0.25) is 0 Å². The number of hydrogen-bond acceptors (Lipinski definition) is 3. The minimum Gasteiger partial charge on any atom is -0.481 e. The third kappa shape index (κ3) is 2.07.